The van der Waals surface area contributed by atoms with Gasteiger partial charge in [-0.1, -0.05) is 37.3 Å². The number of carbonyl (C=O) groups excluding carboxylic acids is 1. The first kappa shape index (κ1) is 17.2. The maximum Gasteiger partial charge on any atom is 0.173 e. The Kier molecular flexibility index (Phi) is 5.36. The van der Waals surface area contributed by atoms with Crippen molar-refractivity contribution in [1.29, 1.82) is 0 Å². The van der Waals surface area contributed by atoms with Crippen LogP contribution in [-0.4, -0.2) is 24.8 Å². The van der Waals surface area contributed by atoms with E-state index in [4.69, 9.17) is 9.47 Å². The summed E-state index contributed by atoms with van der Waals surface area (Å²) >= 11 is 0. The Balaban J connectivity index is 1.82. The molecule has 1 spiro atoms. The van der Waals surface area contributed by atoms with Gasteiger partial charge in [-0.3, -0.25) is 4.79 Å². The van der Waals surface area contributed by atoms with E-state index in [2.05, 4.69) is 24.4 Å². The van der Waals surface area contributed by atoms with E-state index in [1.807, 2.05) is 25.1 Å². The van der Waals surface area contributed by atoms with Crippen LogP contribution >= 0.6 is 0 Å². The number of Topliss-reactive ketones (excluding diaryl/α,β-unsaturated/α-hetero) is 1. The first-order valence-corrected chi connectivity index (χ1v) is 8.98. The minimum absolute atomic E-state index is 0.171. The van der Waals surface area contributed by atoms with Crippen LogP contribution < -0.4 is 5.32 Å². The Bertz CT molecular complexity index is 603. The normalized spacial score (nSPS) is 21.1. The van der Waals surface area contributed by atoms with Gasteiger partial charge in [-0.25, -0.2) is 0 Å². The highest BCUT2D eigenvalue weighted by Gasteiger charge is 2.42. The Hall–Kier alpha value is -1.65. The molecule has 1 saturated heterocycles. The predicted octanol–water partition coefficient (Wildman–Crippen LogP) is 3.89. The first-order valence-electron chi connectivity index (χ1n) is 8.98. The lowest BCUT2D eigenvalue weighted by Crippen LogP contribution is -2.38. The van der Waals surface area contributed by atoms with Crippen molar-refractivity contribution in [2.75, 3.05) is 13.2 Å². The standard InChI is InChI=1S/C20H27NO3/c1-3-7-19(22)17-14-20(23-12-13-24-20)11-10-18(17)21-15(2)16-8-5-4-6-9-16/h4-6,8-9,15,21H,3,7,10-14H2,1-2H3/t15-/m1/s1. The zero-order valence-electron chi connectivity index (χ0n) is 14.6. The van der Waals surface area contributed by atoms with Crippen LogP contribution in [0.1, 0.15) is 57.6 Å². The van der Waals surface area contributed by atoms with Crippen molar-refractivity contribution in [2.24, 2.45) is 0 Å². The second-order valence-corrected chi connectivity index (χ2v) is 6.69. The van der Waals surface area contributed by atoms with Crippen LogP contribution in [0.2, 0.25) is 0 Å². The average Bonchev–Trinajstić information content (AvgIpc) is 3.05. The van der Waals surface area contributed by atoms with Crippen LogP contribution in [0, 0.1) is 0 Å². The number of hydrogen-bond acceptors (Lipinski definition) is 4. The third kappa shape index (κ3) is 3.70. The summed E-state index contributed by atoms with van der Waals surface area (Å²) in [6.07, 6.45) is 3.60. The Morgan fingerprint density at radius 2 is 1.96 bits per heavy atom. The van der Waals surface area contributed by atoms with Crippen molar-refractivity contribution in [1.82, 2.24) is 5.32 Å². The highest BCUT2D eigenvalue weighted by atomic mass is 16.7. The fraction of sp³-hybridized carbons (Fsp3) is 0.550. The van der Waals surface area contributed by atoms with Crippen molar-refractivity contribution in [2.45, 2.75) is 57.8 Å². The van der Waals surface area contributed by atoms with Gasteiger partial charge < -0.3 is 14.8 Å². The molecule has 130 valence electrons. The third-order valence-electron chi connectivity index (χ3n) is 4.88. The first-order chi connectivity index (χ1) is 11.6. The molecule has 2 aliphatic rings. The molecule has 1 aliphatic heterocycles. The van der Waals surface area contributed by atoms with E-state index < -0.39 is 5.79 Å². The molecule has 1 aromatic rings. The van der Waals surface area contributed by atoms with Crippen molar-refractivity contribution in [3.8, 4) is 0 Å². The highest BCUT2D eigenvalue weighted by molar-refractivity contribution is 5.96. The summed E-state index contributed by atoms with van der Waals surface area (Å²) in [7, 11) is 0. The summed E-state index contributed by atoms with van der Waals surface area (Å²) in [5.74, 6) is -0.349. The predicted molar refractivity (Wildman–Crippen MR) is 93.4 cm³/mol. The number of hydrogen-bond donors (Lipinski definition) is 1. The Morgan fingerprint density at radius 3 is 2.62 bits per heavy atom. The lowest BCUT2D eigenvalue weighted by atomic mass is 9.86. The van der Waals surface area contributed by atoms with Gasteiger partial charge >= 0.3 is 0 Å². The summed E-state index contributed by atoms with van der Waals surface area (Å²) < 4.78 is 11.7. The van der Waals surface area contributed by atoms with E-state index >= 15 is 0 Å². The molecule has 0 aromatic heterocycles. The van der Waals surface area contributed by atoms with Crippen LogP contribution in [0.5, 0.6) is 0 Å². The molecule has 0 bridgehead atoms. The van der Waals surface area contributed by atoms with Crippen molar-refractivity contribution in [3.63, 3.8) is 0 Å². The number of nitrogens with one attached hydrogen (secondary N) is 1. The van der Waals surface area contributed by atoms with Gasteiger partial charge in [0.1, 0.15) is 0 Å². The van der Waals surface area contributed by atoms with Crippen LogP contribution in [-0.2, 0) is 14.3 Å². The van der Waals surface area contributed by atoms with Gasteiger partial charge in [0.25, 0.3) is 0 Å². The molecule has 0 amide bonds. The van der Waals surface area contributed by atoms with Gasteiger partial charge in [0.2, 0.25) is 0 Å². The molecule has 1 aromatic carbocycles. The van der Waals surface area contributed by atoms with Gasteiger partial charge in [-0.15, -0.1) is 0 Å². The lowest BCUT2D eigenvalue weighted by Gasteiger charge is -2.35. The number of allylic oxidation sites excluding steroid dienone is 1. The number of carbonyl (C=O) groups is 1. The molecule has 0 radical (unpaired) electrons. The van der Waals surface area contributed by atoms with E-state index in [0.29, 0.717) is 26.1 Å². The monoisotopic (exact) mass is 329 g/mol. The van der Waals surface area contributed by atoms with Crippen molar-refractivity contribution in [3.05, 3.63) is 47.2 Å². The molecule has 0 saturated carbocycles. The molecule has 1 aliphatic carbocycles. The van der Waals surface area contributed by atoms with Crippen LogP contribution in [0.25, 0.3) is 0 Å². The van der Waals surface area contributed by atoms with E-state index in [9.17, 15) is 4.79 Å². The summed E-state index contributed by atoms with van der Waals surface area (Å²) in [6, 6.07) is 10.5. The summed E-state index contributed by atoms with van der Waals surface area (Å²) in [4.78, 5) is 12.7. The lowest BCUT2D eigenvalue weighted by molar-refractivity contribution is -0.165. The summed E-state index contributed by atoms with van der Waals surface area (Å²) in [5, 5.41) is 3.58. The molecule has 1 atom stereocenters. The smallest absolute Gasteiger partial charge is 0.173 e. The molecule has 3 rings (SSSR count). The third-order valence-corrected chi connectivity index (χ3v) is 4.88. The zero-order chi connectivity index (χ0) is 17.0. The van der Waals surface area contributed by atoms with Gasteiger partial charge in [0, 0.05) is 36.6 Å². The van der Waals surface area contributed by atoms with E-state index in [1.165, 1.54) is 5.56 Å². The van der Waals surface area contributed by atoms with Gasteiger partial charge in [0.05, 0.1) is 13.2 Å². The quantitative estimate of drug-likeness (QED) is 0.860. The average molecular weight is 329 g/mol. The molecular formula is C20H27NO3. The van der Waals surface area contributed by atoms with Crippen LogP contribution in [0.15, 0.2) is 41.6 Å². The number of ketones is 1. The van der Waals surface area contributed by atoms with Crippen LogP contribution in [0.4, 0.5) is 0 Å². The number of rotatable bonds is 6. The van der Waals surface area contributed by atoms with Crippen molar-refractivity contribution >= 4 is 5.78 Å². The van der Waals surface area contributed by atoms with Gasteiger partial charge in [-0.05, 0) is 25.3 Å². The van der Waals surface area contributed by atoms with Crippen LogP contribution in [0.3, 0.4) is 0 Å². The zero-order valence-corrected chi connectivity index (χ0v) is 14.6. The number of benzene rings is 1. The second-order valence-electron chi connectivity index (χ2n) is 6.69. The van der Waals surface area contributed by atoms with E-state index in [1.54, 1.807) is 0 Å². The largest absolute Gasteiger partial charge is 0.381 e. The SMILES string of the molecule is CCCC(=O)C1=C(N[C@H](C)c2ccccc2)CCC2(C1)OCCO2. The summed E-state index contributed by atoms with van der Waals surface area (Å²) in [5.41, 5.74) is 3.16. The highest BCUT2D eigenvalue weighted by Crippen LogP contribution is 2.39. The van der Waals surface area contributed by atoms with Gasteiger partial charge in [-0.2, -0.15) is 0 Å². The Morgan fingerprint density at radius 1 is 1.25 bits per heavy atom. The fourth-order valence-electron chi connectivity index (χ4n) is 3.56. The number of ether oxygens (including phenoxy) is 2. The second kappa shape index (κ2) is 7.49. The molecule has 24 heavy (non-hydrogen) atoms. The molecule has 4 nitrogen and oxygen atoms in total. The molecular weight excluding hydrogens is 302 g/mol. The fourth-order valence-corrected chi connectivity index (χ4v) is 3.56. The van der Waals surface area contributed by atoms with E-state index in [-0.39, 0.29) is 11.8 Å². The molecule has 0 unspecified atom stereocenters. The summed E-state index contributed by atoms with van der Waals surface area (Å²) in [6.45, 7) is 5.42. The topological polar surface area (TPSA) is 47.6 Å². The Labute approximate surface area is 144 Å². The minimum Gasteiger partial charge on any atom is -0.381 e. The molecule has 1 heterocycles. The maximum atomic E-state index is 12.7. The molecule has 1 fully saturated rings. The van der Waals surface area contributed by atoms with E-state index in [0.717, 1.165) is 30.5 Å². The molecule has 4 heteroatoms. The van der Waals surface area contributed by atoms with Crippen molar-refractivity contribution < 1.29 is 14.3 Å². The van der Waals surface area contributed by atoms with Gasteiger partial charge in [0.15, 0.2) is 11.6 Å². The minimum atomic E-state index is -0.570. The maximum absolute atomic E-state index is 12.7. The molecule has 1 N–H and O–H groups in total.